The standard InChI is InChI=1S/C102H76N2/c1-102(2,3)85-60-65-88(75-33-13-6-14-34-75)99(70-85)104(87-63-57-74(58-64-87)72-31-11-5-12-32-72)97-54-22-20-48-92(97)94-52-28-42-79-40-26-50-90(101(79)94)84-46-24-45-82(68-84)80-43-23-44-81(67-80)83-59-66-98(95(69-83)77-37-17-8-18-38-77)103(86-61-55-73(56-62-86)71-29-9-4-10-30-71)96-53-21-19-47-91(96)93-51-27-41-78-39-25-49-89(100(78)93)76-35-15-7-16-36-76/h4-70H,1-3H3. The molecule has 17 rings (SSSR count). The molecule has 2 nitrogen and oxygen atoms in total. The number of fused-ring (bicyclic) bond motifs is 2. The SMILES string of the molecule is CC(C)(C)c1ccc(-c2ccccc2)c(N(c2ccc(-c3ccccc3)cc2)c2ccccc2-c2cccc3cccc(-c4cccc(-c5cccc(-c6ccc(N(c7ccc(-c8ccccc8)cc7)c7ccccc7-c7cccc8cccc(-c9ccccc9)c78)c(-c7ccccc7)c6)c5)c4)c23)c1. The van der Waals surface area contributed by atoms with Crippen LogP contribution < -0.4 is 9.80 Å². The zero-order valence-corrected chi connectivity index (χ0v) is 58.6. The first kappa shape index (κ1) is 64.3. The van der Waals surface area contributed by atoms with Gasteiger partial charge in [-0.25, -0.2) is 0 Å². The Morgan fingerprint density at radius 3 is 0.942 bits per heavy atom. The quantitative estimate of drug-likeness (QED) is 0.0951. The molecule has 0 spiro atoms. The van der Waals surface area contributed by atoms with Crippen molar-refractivity contribution in [3.05, 3.63) is 412 Å². The monoisotopic (exact) mass is 1330 g/mol. The van der Waals surface area contributed by atoms with Gasteiger partial charge in [0.1, 0.15) is 0 Å². The highest BCUT2D eigenvalue weighted by atomic mass is 15.2. The Kier molecular flexibility index (Phi) is 17.4. The number of nitrogens with zero attached hydrogens (tertiary/aromatic N) is 2. The van der Waals surface area contributed by atoms with Crippen molar-refractivity contribution in [3.8, 4) is 111 Å². The molecular formula is C102H76N2. The first-order valence-electron chi connectivity index (χ1n) is 36.0. The molecule has 0 bridgehead atoms. The molecule has 0 unspecified atom stereocenters. The van der Waals surface area contributed by atoms with Gasteiger partial charge in [0.25, 0.3) is 0 Å². The van der Waals surface area contributed by atoms with E-state index in [-0.39, 0.29) is 5.41 Å². The van der Waals surface area contributed by atoms with E-state index in [1.54, 1.807) is 0 Å². The summed E-state index contributed by atoms with van der Waals surface area (Å²) in [5, 5.41) is 4.80. The van der Waals surface area contributed by atoms with E-state index >= 15 is 0 Å². The molecule has 17 aromatic carbocycles. The van der Waals surface area contributed by atoms with Gasteiger partial charge < -0.3 is 9.80 Å². The Morgan fingerprint density at radius 2 is 0.481 bits per heavy atom. The van der Waals surface area contributed by atoms with E-state index in [2.05, 4.69) is 437 Å². The highest BCUT2D eigenvalue weighted by Gasteiger charge is 2.27. The van der Waals surface area contributed by atoms with Crippen LogP contribution in [0.1, 0.15) is 26.3 Å². The fraction of sp³-hybridized carbons (Fsp3) is 0.0392. The van der Waals surface area contributed by atoms with Crippen molar-refractivity contribution < 1.29 is 0 Å². The van der Waals surface area contributed by atoms with Crippen LogP contribution >= 0.6 is 0 Å². The molecular weight excluding hydrogens is 1250 g/mol. The predicted octanol–water partition coefficient (Wildman–Crippen LogP) is 28.9. The van der Waals surface area contributed by atoms with Crippen molar-refractivity contribution in [2.45, 2.75) is 26.2 Å². The lowest BCUT2D eigenvalue weighted by Crippen LogP contribution is -2.16. The van der Waals surface area contributed by atoms with Crippen LogP contribution in [0.25, 0.3) is 133 Å². The molecule has 0 atom stereocenters. The van der Waals surface area contributed by atoms with Gasteiger partial charge in [0.2, 0.25) is 0 Å². The fourth-order valence-corrected chi connectivity index (χ4v) is 15.3. The van der Waals surface area contributed by atoms with Crippen molar-refractivity contribution in [2.24, 2.45) is 0 Å². The molecule has 0 saturated heterocycles. The maximum atomic E-state index is 2.50. The lowest BCUT2D eigenvalue weighted by atomic mass is 9.85. The normalized spacial score (nSPS) is 11.4. The molecule has 0 saturated carbocycles. The van der Waals surface area contributed by atoms with Crippen LogP contribution in [0.3, 0.4) is 0 Å². The number of benzene rings is 17. The lowest BCUT2D eigenvalue weighted by Gasteiger charge is -2.32. The number of para-hydroxylation sites is 2. The maximum absolute atomic E-state index is 2.50. The summed E-state index contributed by atoms with van der Waals surface area (Å²) in [7, 11) is 0. The Labute approximate surface area is 611 Å². The summed E-state index contributed by atoms with van der Waals surface area (Å²) in [6.07, 6.45) is 0. The van der Waals surface area contributed by atoms with E-state index in [1.165, 1.54) is 66.1 Å². The van der Waals surface area contributed by atoms with E-state index in [0.717, 1.165) is 106 Å². The average molecular weight is 1330 g/mol. The molecule has 17 aromatic rings. The molecule has 0 N–H and O–H groups in total. The van der Waals surface area contributed by atoms with Gasteiger partial charge in [-0.3, -0.25) is 0 Å². The first-order chi connectivity index (χ1) is 51.2. The number of anilines is 6. The summed E-state index contributed by atoms with van der Waals surface area (Å²) >= 11 is 0. The van der Waals surface area contributed by atoms with Crippen LogP contribution in [0, 0.1) is 0 Å². The second kappa shape index (κ2) is 28.1. The fourth-order valence-electron chi connectivity index (χ4n) is 15.3. The summed E-state index contributed by atoms with van der Waals surface area (Å²) in [4.78, 5) is 4.98. The van der Waals surface area contributed by atoms with Crippen molar-refractivity contribution >= 4 is 55.7 Å². The Hall–Kier alpha value is -13.1. The van der Waals surface area contributed by atoms with E-state index in [0.29, 0.717) is 0 Å². The van der Waals surface area contributed by atoms with Crippen molar-refractivity contribution in [1.29, 1.82) is 0 Å². The van der Waals surface area contributed by atoms with Gasteiger partial charge in [0.15, 0.2) is 0 Å². The van der Waals surface area contributed by atoms with Gasteiger partial charge in [-0.2, -0.15) is 0 Å². The van der Waals surface area contributed by atoms with Crippen molar-refractivity contribution in [1.82, 2.24) is 0 Å². The van der Waals surface area contributed by atoms with Crippen LogP contribution in [-0.2, 0) is 5.41 Å². The molecule has 0 heterocycles. The average Bonchev–Trinajstić information content (AvgIpc) is 0.753. The van der Waals surface area contributed by atoms with Gasteiger partial charge in [-0.05, 0) is 188 Å². The summed E-state index contributed by atoms with van der Waals surface area (Å²) < 4.78 is 0. The molecule has 0 fully saturated rings. The summed E-state index contributed by atoms with van der Waals surface area (Å²) in [6.45, 7) is 6.92. The summed E-state index contributed by atoms with van der Waals surface area (Å²) in [6, 6.07) is 149. The first-order valence-corrected chi connectivity index (χ1v) is 36.0. The van der Waals surface area contributed by atoms with Crippen molar-refractivity contribution in [2.75, 3.05) is 9.80 Å². The van der Waals surface area contributed by atoms with Crippen LogP contribution in [0.4, 0.5) is 34.1 Å². The number of rotatable bonds is 16. The third kappa shape index (κ3) is 12.7. The van der Waals surface area contributed by atoms with Crippen LogP contribution in [-0.4, -0.2) is 0 Å². The minimum absolute atomic E-state index is 0.104. The van der Waals surface area contributed by atoms with Crippen LogP contribution in [0.2, 0.25) is 0 Å². The number of hydrogen-bond donors (Lipinski definition) is 0. The third-order valence-corrected chi connectivity index (χ3v) is 20.4. The Balaban J connectivity index is 0.780. The highest BCUT2D eigenvalue weighted by molar-refractivity contribution is 6.11. The predicted molar refractivity (Wildman–Crippen MR) is 444 cm³/mol. The van der Waals surface area contributed by atoms with Gasteiger partial charge in [-0.1, -0.05) is 360 Å². The molecule has 494 valence electrons. The van der Waals surface area contributed by atoms with E-state index in [9.17, 15) is 0 Å². The van der Waals surface area contributed by atoms with Crippen LogP contribution in [0.15, 0.2) is 406 Å². The van der Waals surface area contributed by atoms with E-state index < -0.39 is 0 Å². The van der Waals surface area contributed by atoms with Gasteiger partial charge in [0, 0.05) is 33.6 Å². The third-order valence-electron chi connectivity index (χ3n) is 20.4. The lowest BCUT2D eigenvalue weighted by molar-refractivity contribution is 0.590. The van der Waals surface area contributed by atoms with Gasteiger partial charge >= 0.3 is 0 Å². The minimum atomic E-state index is -0.104. The maximum Gasteiger partial charge on any atom is 0.0543 e. The Morgan fingerprint density at radius 1 is 0.173 bits per heavy atom. The number of hydrogen-bond acceptors (Lipinski definition) is 2. The smallest absolute Gasteiger partial charge is 0.0543 e. The van der Waals surface area contributed by atoms with E-state index in [1.807, 2.05) is 0 Å². The topological polar surface area (TPSA) is 6.48 Å². The summed E-state index contributed by atoms with van der Waals surface area (Å²) in [5.74, 6) is 0. The van der Waals surface area contributed by atoms with Crippen LogP contribution in [0.5, 0.6) is 0 Å². The molecule has 0 radical (unpaired) electrons. The molecule has 0 aromatic heterocycles. The zero-order valence-electron chi connectivity index (χ0n) is 58.6. The summed E-state index contributed by atoms with van der Waals surface area (Å²) in [5.41, 5.74) is 30.8. The molecule has 0 amide bonds. The molecule has 0 aliphatic heterocycles. The second-order valence-electron chi connectivity index (χ2n) is 27.9. The molecule has 0 aliphatic carbocycles. The van der Waals surface area contributed by atoms with Crippen molar-refractivity contribution in [3.63, 3.8) is 0 Å². The molecule has 0 aliphatic rings. The molecule has 2 heteroatoms. The molecule has 104 heavy (non-hydrogen) atoms. The second-order valence-corrected chi connectivity index (χ2v) is 27.9. The zero-order chi connectivity index (χ0) is 69.9. The Bertz CT molecular complexity index is 5910. The van der Waals surface area contributed by atoms with Gasteiger partial charge in [0.05, 0.1) is 22.7 Å². The largest absolute Gasteiger partial charge is 0.309 e. The minimum Gasteiger partial charge on any atom is -0.309 e. The highest BCUT2D eigenvalue weighted by Crippen LogP contribution is 2.51. The van der Waals surface area contributed by atoms with Gasteiger partial charge in [-0.15, -0.1) is 0 Å². The van der Waals surface area contributed by atoms with E-state index in [4.69, 9.17) is 0 Å².